The molecule has 286 valence electrons. The van der Waals surface area contributed by atoms with Gasteiger partial charge in [-0.2, -0.15) is 0 Å². The fraction of sp³-hybridized carbons (Fsp3) is 0.520. The molecule has 2 atom stereocenters. The van der Waals surface area contributed by atoms with Gasteiger partial charge in [0.15, 0.2) is 0 Å². The lowest BCUT2D eigenvalue weighted by molar-refractivity contribution is 0.339. The van der Waals surface area contributed by atoms with E-state index < -0.39 is 0 Å². The quantitative estimate of drug-likeness (QED) is 0.139. The summed E-state index contributed by atoms with van der Waals surface area (Å²) < 4.78 is 0. The Labute approximate surface area is 318 Å². The van der Waals surface area contributed by atoms with Gasteiger partial charge in [0, 0.05) is 0 Å². The fourth-order valence-electron chi connectivity index (χ4n) is 5.88. The largest absolute Gasteiger partial charge is 0.508 e. The first-order valence-corrected chi connectivity index (χ1v) is 20.6. The average molecular weight is 697 g/mol. The molecule has 4 aromatic carbocycles. The van der Waals surface area contributed by atoms with Crippen molar-refractivity contribution in [2.45, 2.75) is 147 Å². The Morgan fingerprint density at radius 2 is 0.745 bits per heavy atom. The number of phenolic OH excluding ortho intramolecular Hbond substituents is 1. The number of benzene rings is 4. The predicted molar refractivity (Wildman–Crippen MR) is 232 cm³/mol. The molecule has 0 aliphatic carbocycles. The van der Waals surface area contributed by atoms with E-state index in [2.05, 4.69) is 128 Å². The van der Waals surface area contributed by atoms with Gasteiger partial charge in [0.25, 0.3) is 0 Å². The molecule has 4 rings (SSSR count). The third-order valence-electron chi connectivity index (χ3n) is 9.05. The van der Waals surface area contributed by atoms with Gasteiger partial charge < -0.3 is 5.11 Å². The molecule has 1 nitrogen and oxygen atoms in total. The van der Waals surface area contributed by atoms with Gasteiger partial charge in [-0.25, -0.2) is 0 Å². The van der Waals surface area contributed by atoms with Gasteiger partial charge in [-0.05, 0) is 70.9 Å². The molecular weight excluding hydrogens is 617 g/mol. The molecule has 0 aliphatic rings. The van der Waals surface area contributed by atoms with Crippen LogP contribution in [0.2, 0.25) is 0 Å². The Hall–Kier alpha value is -3.32. The van der Waals surface area contributed by atoms with E-state index >= 15 is 0 Å². The molecule has 2 unspecified atom stereocenters. The minimum atomic E-state index is 0.332. The zero-order valence-electron chi connectivity index (χ0n) is 35.3. The second-order valence-electron chi connectivity index (χ2n) is 13.6. The smallest absolute Gasteiger partial charge is 0.115 e. The molecule has 0 heterocycles. The summed E-state index contributed by atoms with van der Waals surface area (Å²) in [5.74, 6) is 4.05. The van der Waals surface area contributed by atoms with Gasteiger partial charge in [0.1, 0.15) is 5.75 Å². The van der Waals surface area contributed by atoms with Crippen LogP contribution < -0.4 is 0 Å². The first kappa shape index (κ1) is 49.8. The van der Waals surface area contributed by atoms with Crippen LogP contribution in [-0.2, 0) is 12.8 Å². The SMILES string of the molecule is CC.CC.CCCCC(CC)C(C)C.CCCCC(CC)C(C)C.Oc1cccc(Cc2ccccc2)c1.c1ccc(Cc2ccccc2)cc1. The summed E-state index contributed by atoms with van der Waals surface area (Å²) in [5, 5.41) is 9.29. The minimum absolute atomic E-state index is 0.332. The Balaban J connectivity index is 0. The van der Waals surface area contributed by atoms with E-state index in [-0.39, 0.29) is 0 Å². The third kappa shape index (κ3) is 27.1. The van der Waals surface area contributed by atoms with Gasteiger partial charge in [-0.15, -0.1) is 0 Å². The number of phenols is 1. The number of aromatic hydroxyl groups is 1. The number of unbranched alkanes of at least 4 members (excludes halogenated alkanes) is 2. The van der Waals surface area contributed by atoms with Crippen molar-refractivity contribution in [2.24, 2.45) is 23.7 Å². The molecule has 0 amide bonds. The van der Waals surface area contributed by atoms with E-state index in [1.807, 2.05) is 58.0 Å². The normalized spacial score (nSPS) is 11.0. The molecule has 0 aliphatic heterocycles. The van der Waals surface area contributed by atoms with Crippen molar-refractivity contribution in [3.05, 3.63) is 138 Å². The molecule has 51 heavy (non-hydrogen) atoms. The van der Waals surface area contributed by atoms with Crippen molar-refractivity contribution in [3.8, 4) is 5.75 Å². The van der Waals surface area contributed by atoms with Crippen molar-refractivity contribution in [1.82, 2.24) is 0 Å². The highest BCUT2D eigenvalue weighted by atomic mass is 16.3. The number of hydrogen-bond donors (Lipinski definition) is 1. The molecule has 1 N–H and O–H groups in total. The van der Waals surface area contributed by atoms with Crippen LogP contribution in [0.25, 0.3) is 0 Å². The molecule has 0 saturated heterocycles. The average Bonchev–Trinajstić information content (AvgIpc) is 3.16. The maximum atomic E-state index is 9.29. The highest BCUT2D eigenvalue weighted by Crippen LogP contribution is 2.22. The minimum Gasteiger partial charge on any atom is -0.508 e. The first-order valence-electron chi connectivity index (χ1n) is 20.6. The third-order valence-corrected chi connectivity index (χ3v) is 9.05. The predicted octanol–water partition coefficient (Wildman–Crippen LogP) is 16.0. The molecule has 0 saturated carbocycles. The second kappa shape index (κ2) is 35.1. The summed E-state index contributed by atoms with van der Waals surface area (Å²) in [6.07, 6.45) is 13.0. The standard InChI is InChI=1S/C13H12O.C13H12.2C10H22.2C2H6/c14-13-8-4-7-12(10-13)9-11-5-2-1-3-6-11;1-3-7-12(8-4-1)11-13-9-5-2-6-10-13;2*1-5-7-8-10(6-2)9(3)4;2*1-2/h1-8,10,14H,9H2;1-10H,11H2;2*9-10H,5-8H2,1-4H3;2*1-2H3. The van der Waals surface area contributed by atoms with Crippen molar-refractivity contribution in [2.75, 3.05) is 0 Å². The summed E-state index contributed by atoms with van der Waals surface area (Å²) in [6, 6.07) is 38.7. The Morgan fingerprint density at radius 3 is 1.02 bits per heavy atom. The summed E-state index contributed by atoms with van der Waals surface area (Å²) in [7, 11) is 0. The van der Waals surface area contributed by atoms with Crippen LogP contribution in [0.5, 0.6) is 5.75 Å². The van der Waals surface area contributed by atoms with E-state index in [4.69, 9.17) is 0 Å². The Morgan fingerprint density at radius 1 is 0.431 bits per heavy atom. The van der Waals surface area contributed by atoms with Crippen LogP contribution in [0.3, 0.4) is 0 Å². The zero-order valence-corrected chi connectivity index (χ0v) is 35.3. The zero-order chi connectivity index (χ0) is 38.7. The van der Waals surface area contributed by atoms with Gasteiger partial charge in [-0.1, -0.05) is 238 Å². The second-order valence-corrected chi connectivity index (χ2v) is 13.6. The van der Waals surface area contributed by atoms with E-state index in [9.17, 15) is 5.11 Å². The highest BCUT2D eigenvalue weighted by Gasteiger charge is 2.09. The molecule has 0 spiro atoms. The summed E-state index contributed by atoms with van der Waals surface area (Å²) in [6.45, 7) is 26.5. The van der Waals surface area contributed by atoms with Crippen LogP contribution in [0.15, 0.2) is 115 Å². The molecule has 0 radical (unpaired) electrons. The van der Waals surface area contributed by atoms with Crippen molar-refractivity contribution >= 4 is 0 Å². The summed E-state index contributed by atoms with van der Waals surface area (Å²) >= 11 is 0. The Kier molecular flexibility index (Phi) is 34.3. The van der Waals surface area contributed by atoms with Crippen molar-refractivity contribution in [3.63, 3.8) is 0 Å². The van der Waals surface area contributed by atoms with Crippen LogP contribution in [0.1, 0.15) is 157 Å². The maximum Gasteiger partial charge on any atom is 0.115 e. The van der Waals surface area contributed by atoms with E-state index in [1.54, 1.807) is 12.1 Å². The topological polar surface area (TPSA) is 20.2 Å². The van der Waals surface area contributed by atoms with Crippen LogP contribution in [0.4, 0.5) is 0 Å². The van der Waals surface area contributed by atoms with Crippen LogP contribution >= 0.6 is 0 Å². The summed E-state index contributed by atoms with van der Waals surface area (Å²) in [5.41, 5.74) is 5.14. The van der Waals surface area contributed by atoms with E-state index in [0.29, 0.717) is 5.75 Å². The molecule has 0 aromatic heterocycles. The number of rotatable bonds is 14. The van der Waals surface area contributed by atoms with Crippen LogP contribution in [0, 0.1) is 23.7 Å². The Bertz CT molecular complexity index is 1170. The number of hydrogen-bond acceptors (Lipinski definition) is 1. The van der Waals surface area contributed by atoms with Crippen molar-refractivity contribution < 1.29 is 5.11 Å². The van der Waals surface area contributed by atoms with E-state index in [0.717, 1.165) is 42.1 Å². The van der Waals surface area contributed by atoms with Gasteiger partial charge in [0.2, 0.25) is 0 Å². The summed E-state index contributed by atoms with van der Waals surface area (Å²) in [4.78, 5) is 0. The van der Waals surface area contributed by atoms with Crippen LogP contribution in [-0.4, -0.2) is 5.11 Å². The van der Waals surface area contributed by atoms with Gasteiger partial charge >= 0.3 is 0 Å². The van der Waals surface area contributed by atoms with E-state index in [1.165, 1.54) is 68.1 Å². The monoisotopic (exact) mass is 697 g/mol. The van der Waals surface area contributed by atoms with Crippen molar-refractivity contribution in [1.29, 1.82) is 0 Å². The molecule has 1 heteroatoms. The fourth-order valence-corrected chi connectivity index (χ4v) is 5.88. The highest BCUT2D eigenvalue weighted by molar-refractivity contribution is 5.31. The lowest BCUT2D eigenvalue weighted by Gasteiger charge is -2.17. The lowest BCUT2D eigenvalue weighted by Crippen LogP contribution is -2.06. The molecular formula is C50H80O. The van der Waals surface area contributed by atoms with Gasteiger partial charge in [-0.3, -0.25) is 0 Å². The molecule has 0 fully saturated rings. The molecule has 4 aromatic rings. The van der Waals surface area contributed by atoms with Gasteiger partial charge in [0.05, 0.1) is 0 Å². The molecule has 0 bridgehead atoms. The first-order chi connectivity index (χ1) is 24.7. The maximum absolute atomic E-state index is 9.29. The lowest BCUT2D eigenvalue weighted by atomic mass is 9.89.